The molecule has 92 valence electrons. The van der Waals surface area contributed by atoms with E-state index in [1.165, 1.54) is 19.3 Å². The summed E-state index contributed by atoms with van der Waals surface area (Å²) in [6.45, 7) is 1.63. The van der Waals surface area contributed by atoms with E-state index < -0.39 is 5.54 Å². The molecule has 0 aromatic heterocycles. The third-order valence-corrected chi connectivity index (χ3v) is 4.08. The van der Waals surface area contributed by atoms with Crippen LogP contribution >= 0.6 is 0 Å². The first-order valence-corrected chi connectivity index (χ1v) is 6.51. The Morgan fingerprint density at radius 2 is 1.76 bits per heavy atom. The van der Waals surface area contributed by atoms with Crippen molar-refractivity contribution < 1.29 is 4.79 Å². The first-order chi connectivity index (χ1) is 8.15. The van der Waals surface area contributed by atoms with E-state index in [9.17, 15) is 4.79 Å². The highest BCUT2D eigenvalue weighted by Gasteiger charge is 2.41. The van der Waals surface area contributed by atoms with Crippen molar-refractivity contribution in [2.75, 3.05) is 0 Å². The number of ketones is 1. The monoisotopic (exact) mass is 231 g/mol. The normalized spacial score (nSPS) is 20.8. The second-order valence-electron chi connectivity index (χ2n) is 5.13. The first kappa shape index (κ1) is 12.3. The van der Waals surface area contributed by atoms with Crippen molar-refractivity contribution in [3.63, 3.8) is 0 Å². The number of rotatable bonds is 3. The van der Waals surface area contributed by atoms with E-state index in [-0.39, 0.29) is 5.78 Å². The molecule has 1 saturated carbocycles. The van der Waals surface area contributed by atoms with Crippen molar-refractivity contribution in [3.05, 3.63) is 35.9 Å². The quantitative estimate of drug-likeness (QED) is 0.869. The summed E-state index contributed by atoms with van der Waals surface area (Å²) in [4.78, 5) is 12.0. The van der Waals surface area contributed by atoms with Gasteiger partial charge in [0.1, 0.15) is 5.54 Å². The SMILES string of the molecule is CC(=O)C(N)(c1ccccc1)C1CCCCC1. The predicted molar refractivity (Wildman–Crippen MR) is 69.6 cm³/mol. The molecule has 1 fully saturated rings. The van der Waals surface area contributed by atoms with Gasteiger partial charge in [-0.1, -0.05) is 49.6 Å². The summed E-state index contributed by atoms with van der Waals surface area (Å²) in [7, 11) is 0. The zero-order chi connectivity index (χ0) is 12.3. The summed E-state index contributed by atoms with van der Waals surface area (Å²) in [6, 6.07) is 9.85. The van der Waals surface area contributed by atoms with Crippen LogP contribution in [0.4, 0.5) is 0 Å². The number of hydrogen-bond donors (Lipinski definition) is 1. The molecule has 2 heteroatoms. The van der Waals surface area contributed by atoms with Crippen LogP contribution in [0, 0.1) is 5.92 Å². The maximum Gasteiger partial charge on any atom is 0.154 e. The van der Waals surface area contributed by atoms with Crippen LogP contribution < -0.4 is 5.73 Å². The Kier molecular flexibility index (Phi) is 3.63. The molecule has 2 nitrogen and oxygen atoms in total. The van der Waals surface area contributed by atoms with Gasteiger partial charge in [-0.2, -0.15) is 0 Å². The van der Waals surface area contributed by atoms with Gasteiger partial charge in [0.2, 0.25) is 0 Å². The molecule has 0 heterocycles. The Morgan fingerprint density at radius 3 is 2.29 bits per heavy atom. The van der Waals surface area contributed by atoms with Crippen molar-refractivity contribution in [2.24, 2.45) is 11.7 Å². The number of hydrogen-bond acceptors (Lipinski definition) is 2. The molecular weight excluding hydrogens is 210 g/mol. The minimum Gasteiger partial charge on any atom is -0.315 e. The zero-order valence-corrected chi connectivity index (χ0v) is 10.5. The summed E-state index contributed by atoms with van der Waals surface area (Å²) < 4.78 is 0. The average Bonchev–Trinajstić information content (AvgIpc) is 2.39. The molecule has 1 unspecified atom stereocenters. The van der Waals surface area contributed by atoms with Gasteiger partial charge in [-0.3, -0.25) is 4.79 Å². The molecule has 1 aliphatic carbocycles. The Morgan fingerprint density at radius 1 is 1.18 bits per heavy atom. The van der Waals surface area contributed by atoms with E-state index in [0.717, 1.165) is 18.4 Å². The van der Waals surface area contributed by atoms with E-state index in [1.54, 1.807) is 6.92 Å². The van der Waals surface area contributed by atoms with E-state index in [0.29, 0.717) is 5.92 Å². The molecular formula is C15H21NO. The van der Waals surface area contributed by atoms with Crippen LogP contribution in [-0.2, 0) is 10.3 Å². The van der Waals surface area contributed by atoms with Crippen LogP contribution in [0.25, 0.3) is 0 Å². The van der Waals surface area contributed by atoms with Gasteiger partial charge in [0, 0.05) is 0 Å². The van der Waals surface area contributed by atoms with Crippen molar-refractivity contribution in [1.29, 1.82) is 0 Å². The number of carbonyl (C=O) groups is 1. The van der Waals surface area contributed by atoms with Crippen LogP contribution in [0.5, 0.6) is 0 Å². The molecule has 17 heavy (non-hydrogen) atoms. The third kappa shape index (κ3) is 2.27. The highest BCUT2D eigenvalue weighted by molar-refractivity contribution is 5.87. The number of carbonyl (C=O) groups excluding carboxylic acids is 1. The fraction of sp³-hybridized carbons (Fsp3) is 0.533. The molecule has 0 saturated heterocycles. The van der Waals surface area contributed by atoms with Gasteiger partial charge in [-0.15, -0.1) is 0 Å². The molecule has 0 radical (unpaired) electrons. The summed E-state index contributed by atoms with van der Waals surface area (Å²) >= 11 is 0. The lowest BCUT2D eigenvalue weighted by Crippen LogP contribution is -2.50. The number of nitrogens with two attached hydrogens (primary N) is 1. The molecule has 1 aliphatic rings. The van der Waals surface area contributed by atoms with Gasteiger partial charge >= 0.3 is 0 Å². The maximum atomic E-state index is 12.0. The Balaban J connectivity index is 2.35. The Labute approximate surface area is 103 Å². The summed E-state index contributed by atoms with van der Waals surface area (Å²) in [5, 5.41) is 0. The van der Waals surface area contributed by atoms with Gasteiger partial charge < -0.3 is 5.73 Å². The lowest BCUT2D eigenvalue weighted by atomic mass is 9.70. The van der Waals surface area contributed by atoms with E-state index >= 15 is 0 Å². The topological polar surface area (TPSA) is 43.1 Å². The highest BCUT2D eigenvalue weighted by atomic mass is 16.1. The predicted octanol–water partition coefficient (Wildman–Crippen LogP) is 3.01. The maximum absolute atomic E-state index is 12.0. The van der Waals surface area contributed by atoms with Crippen LogP contribution in [0.1, 0.15) is 44.6 Å². The van der Waals surface area contributed by atoms with Gasteiger partial charge in [0.25, 0.3) is 0 Å². The molecule has 2 rings (SSSR count). The van der Waals surface area contributed by atoms with Crippen molar-refractivity contribution >= 4 is 5.78 Å². The summed E-state index contributed by atoms with van der Waals surface area (Å²) in [5.41, 5.74) is 6.68. The molecule has 1 atom stereocenters. The summed E-state index contributed by atoms with van der Waals surface area (Å²) in [6.07, 6.45) is 5.82. The minimum atomic E-state index is -0.776. The lowest BCUT2D eigenvalue weighted by Gasteiger charge is -2.38. The fourth-order valence-electron chi connectivity index (χ4n) is 3.00. The van der Waals surface area contributed by atoms with Crippen LogP contribution in [0.15, 0.2) is 30.3 Å². The minimum absolute atomic E-state index is 0.0931. The van der Waals surface area contributed by atoms with Crippen LogP contribution in [-0.4, -0.2) is 5.78 Å². The number of benzene rings is 1. The third-order valence-electron chi connectivity index (χ3n) is 4.08. The smallest absolute Gasteiger partial charge is 0.154 e. The van der Waals surface area contributed by atoms with Gasteiger partial charge in [-0.25, -0.2) is 0 Å². The second-order valence-corrected chi connectivity index (χ2v) is 5.13. The zero-order valence-electron chi connectivity index (χ0n) is 10.5. The van der Waals surface area contributed by atoms with Crippen molar-refractivity contribution in [1.82, 2.24) is 0 Å². The average molecular weight is 231 g/mol. The molecule has 0 spiro atoms. The second kappa shape index (κ2) is 5.01. The van der Waals surface area contributed by atoms with Crippen LogP contribution in [0.2, 0.25) is 0 Å². The van der Waals surface area contributed by atoms with Gasteiger partial charge in [-0.05, 0) is 31.2 Å². The Hall–Kier alpha value is -1.15. The van der Waals surface area contributed by atoms with Gasteiger partial charge in [0.05, 0.1) is 0 Å². The first-order valence-electron chi connectivity index (χ1n) is 6.51. The summed E-state index contributed by atoms with van der Waals surface area (Å²) in [5.74, 6) is 0.395. The van der Waals surface area contributed by atoms with Crippen molar-refractivity contribution in [2.45, 2.75) is 44.6 Å². The molecule has 1 aromatic carbocycles. The Bertz CT molecular complexity index is 381. The van der Waals surface area contributed by atoms with Crippen molar-refractivity contribution in [3.8, 4) is 0 Å². The molecule has 1 aromatic rings. The molecule has 2 N–H and O–H groups in total. The number of Topliss-reactive ketones (excluding diaryl/α,β-unsaturated/α-hetero) is 1. The van der Waals surface area contributed by atoms with Crippen LogP contribution in [0.3, 0.4) is 0 Å². The fourth-order valence-corrected chi connectivity index (χ4v) is 3.00. The molecule has 0 aliphatic heterocycles. The lowest BCUT2D eigenvalue weighted by molar-refractivity contribution is -0.124. The largest absolute Gasteiger partial charge is 0.315 e. The highest BCUT2D eigenvalue weighted by Crippen LogP contribution is 2.38. The molecule has 0 bridgehead atoms. The standard InChI is InChI=1S/C15H21NO/c1-12(17)15(16,13-8-4-2-5-9-13)14-10-6-3-7-11-14/h2,4-5,8-9,14H,3,6-7,10-11,16H2,1H3. The molecule has 0 amide bonds. The van der Waals surface area contributed by atoms with E-state index in [1.807, 2.05) is 30.3 Å². The van der Waals surface area contributed by atoms with E-state index in [2.05, 4.69) is 0 Å². The van der Waals surface area contributed by atoms with E-state index in [4.69, 9.17) is 5.73 Å². The van der Waals surface area contributed by atoms with Gasteiger partial charge in [0.15, 0.2) is 5.78 Å².